The zero-order chi connectivity index (χ0) is 26.4. The van der Waals surface area contributed by atoms with Crippen LogP contribution in [0, 0.1) is 5.92 Å². The van der Waals surface area contributed by atoms with E-state index in [1.54, 1.807) is 17.0 Å². The highest BCUT2D eigenvalue weighted by Crippen LogP contribution is 2.36. The summed E-state index contributed by atoms with van der Waals surface area (Å²) in [5.74, 6) is -0.204. The van der Waals surface area contributed by atoms with E-state index in [9.17, 15) is 14.7 Å². The van der Waals surface area contributed by atoms with Crippen LogP contribution in [-0.2, 0) is 4.79 Å². The molecular weight excluding hydrogens is 458 g/mol. The number of anilines is 2. The number of carboxylic acids is 1. The normalized spacial score (nSPS) is 17.8. The predicted molar refractivity (Wildman–Crippen MR) is 141 cm³/mol. The lowest BCUT2D eigenvalue weighted by atomic mass is 9.85. The van der Waals surface area contributed by atoms with E-state index < -0.39 is 5.97 Å². The maximum absolute atomic E-state index is 13.9. The number of carbonyl (C=O) groups excluding carboxylic acids is 1. The number of hydrogen-bond acceptors (Lipinski definition) is 5. The molecule has 0 spiro atoms. The van der Waals surface area contributed by atoms with E-state index in [1.807, 2.05) is 52.0 Å². The van der Waals surface area contributed by atoms with E-state index in [1.165, 1.54) is 0 Å². The molecule has 1 aromatic carbocycles. The van der Waals surface area contributed by atoms with Crippen molar-refractivity contribution in [3.8, 4) is 11.8 Å². The summed E-state index contributed by atoms with van der Waals surface area (Å²) in [4.78, 5) is 31.7. The van der Waals surface area contributed by atoms with Gasteiger partial charge in [-0.3, -0.25) is 9.69 Å². The topological polar surface area (TPSA) is 101 Å². The summed E-state index contributed by atoms with van der Waals surface area (Å²) in [6, 6.07) is 10.9. The summed E-state index contributed by atoms with van der Waals surface area (Å²) < 4.78 is 11.6. The van der Waals surface area contributed by atoms with Crippen molar-refractivity contribution in [3.63, 3.8) is 0 Å². The van der Waals surface area contributed by atoms with Crippen LogP contribution in [-0.4, -0.2) is 40.3 Å². The van der Waals surface area contributed by atoms with Crippen LogP contribution in [0.25, 0.3) is 0 Å². The van der Waals surface area contributed by atoms with Crippen LogP contribution in [0.5, 0.6) is 11.8 Å². The van der Waals surface area contributed by atoms with Gasteiger partial charge in [-0.1, -0.05) is 32.0 Å². The molecule has 0 atom stereocenters. The molecule has 1 fully saturated rings. The molecule has 2 aromatic rings. The summed E-state index contributed by atoms with van der Waals surface area (Å²) in [6.45, 7) is 11.8. The second-order valence-electron chi connectivity index (χ2n) is 10.2. The Labute approximate surface area is 214 Å². The van der Waals surface area contributed by atoms with Crippen LogP contribution in [0.3, 0.4) is 0 Å². The molecule has 8 nitrogen and oxygen atoms in total. The lowest BCUT2D eigenvalue weighted by Gasteiger charge is -2.37. The van der Waals surface area contributed by atoms with Gasteiger partial charge in [0.15, 0.2) is 0 Å². The van der Waals surface area contributed by atoms with Crippen molar-refractivity contribution >= 4 is 23.4 Å². The van der Waals surface area contributed by atoms with Gasteiger partial charge in [0.2, 0.25) is 11.8 Å². The van der Waals surface area contributed by atoms with E-state index in [-0.39, 0.29) is 36.1 Å². The summed E-state index contributed by atoms with van der Waals surface area (Å²) >= 11 is 0. The summed E-state index contributed by atoms with van der Waals surface area (Å²) in [6.07, 6.45) is 2.12. The maximum Gasteiger partial charge on any atom is 0.326 e. The van der Waals surface area contributed by atoms with E-state index in [0.717, 1.165) is 11.3 Å². The number of amides is 2. The highest BCUT2D eigenvalue weighted by Gasteiger charge is 2.34. The fourth-order valence-electron chi connectivity index (χ4n) is 4.56. The van der Waals surface area contributed by atoms with Crippen molar-refractivity contribution in [1.82, 2.24) is 4.98 Å². The zero-order valence-corrected chi connectivity index (χ0v) is 22.2. The molecule has 8 heteroatoms. The molecule has 0 radical (unpaired) electrons. The smallest absolute Gasteiger partial charge is 0.326 e. The summed E-state index contributed by atoms with van der Waals surface area (Å²) in [7, 11) is 0. The van der Waals surface area contributed by atoms with Gasteiger partial charge in [0.1, 0.15) is 5.69 Å². The number of rotatable bonds is 9. The standard InChI is InChI=1S/C28H39N3O5/c1-17(2)22-9-7-8-10-24(22)31(21-13-11-20(12-14-21)27(32)33)28(34)29-23-15-16-25(35-18(3)4)30-26(23)36-19(5)6/h7-10,15-21H,11-14H2,1-6H3,(H,29,34)(H,32,33). The first-order valence-electron chi connectivity index (χ1n) is 12.8. The van der Waals surface area contributed by atoms with E-state index in [2.05, 4.69) is 24.1 Å². The number of nitrogens with zero attached hydrogens (tertiary/aromatic N) is 2. The quantitative estimate of drug-likeness (QED) is 0.412. The fraction of sp³-hybridized carbons (Fsp3) is 0.536. The lowest BCUT2D eigenvalue weighted by molar-refractivity contribution is -0.142. The average Bonchev–Trinajstić information content (AvgIpc) is 2.81. The number of para-hydroxylation sites is 1. The molecule has 196 valence electrons. The molecular formula is C28H39N3O5. The highest BCUT2D eigenvalue weighted by molar-refractivity contribution is 6.03. The van der Waals surface area contributed by atoms with Crippen molar-refractivity contribution in [1.29, 1.82) is 0 Å². The number of urea groups is 1. The Morgan fingerprint density at radius 3 is 2.17 bits per heavy atom. The van der Waals surface area contributed by atoms with Crippen LogP contribution in [0.4, 0.5) is 16.2 Å². The van der Waals surface area contributed by atoms with Gasteiger partial charge in [-0.25, -0.2) is 4.79 Å². The molecule has 3 rings (SSSR count). The SMILES string of the molecule is CC(C)Oc1ccc(NC(=O)N(c2ccccc2C(C)C)C2CCC(C(=O)O)CC2)c(OC(C)C)n1. The molecule has 1 saturated carbocycles. The Morgan fingerprint density at radius 2 is 1.58 bits per heavy atom. The molecule has 0 saturated heterocycles. The van der Waals surface area contributed by atoms with Gasteiger partial charge in [-0.2, -0.15) is 4.98 Å². The van der Waals surface area contributed by atoms with E-state index >= 15 is 0 Å². The van der Waals surface area contributed by atoms with Crippen LogP contribution < -0.4 is 19.7 Å². The number of carbonyl (C=O) groups is 2. The Morgan fingerprint density at radius 1 is 0.944 bits per heavy atom. The number of carboxylic acid groups (broad SMARTS) is 1. The van der Waals surface area contributed by atoms with Gasteiger partial charge in [-0.05, 0) is 77.0 Å². The summed E-state index contributed by atoms with van der Waals surface area (Å²) in [5.41, 5.74) is 2.35. The predicted octanol–water partition coefficient (Wildman–Crippen LogP) is 6.46. The molecule has 1 heterocycles. The van der Waals surface area contributed by atoms with Crippen molar-refractivity contribution in [2.75, 3.05) is 10.2 Å². The number of aromatic nitrogens is 1. The molecule has 0 bridgehead atoms. The minimum Gasteiger partial charge on any atom is -0.481 e. The number of hydrogen-bond donors (Lipinski definition) is 2. The lowest BCUT2D eigenvalue weighted by Crippen LogP contribution is -2.46. The summed E-state index contributed by atoms with van der Waals surface area (Å²) in [5, 5.41) is 12.5. The minimum atomic E-state index is -0.766. The van der Waals surface area contributed by atoms with Crippen molar-refractivity contribution in [2.24, 2.45) is 5.92 Å². The van der Waals surface area contributed by atoms with Gasteiger partial charge < -0.3 is 19.9 Å². The molecule has 36 heavy (non-hydrogen) atoms. The van der Waals surface area contributed by atoms with Crippen LogP contribution in [0.15, 0.2) is 36.4 Å². The van der Waals surface area contributed by atoms with Gasteiger partial charge in [0, 0.05) is 17.8 Å². The third-order valence-electron chi connectivity index (χ3n) is 6.23. The van der Waals surface area contributed by atoms with Crippen molar-refractivity contribution < 1.29 is 24.2 Å². The number of ether oxygens (including phenoxy) is 2. The Bertz CT molecular complexity index is 1050. The third-order valence-corrected chi connectivity index (χ3v) is 6.23. The second-order valence-corrected chi connectivity index (χ2v) is 10.2. The van der Waals surface area contributed by atoms with Crippen molar-refractivity contribution in [2.45, 2.75) is 91.4 Å². The fourth-order valence-corrected chi connectivity index (χ4v) is 4.56. The molecule has 1 aromatic heterocycles. The van der Waals surface area contributed by atoms with Gasteiger partial charge in [-0.15, -0.1) is 0 Å². The largest absolute Gasteiger partial charge is 0.481 e. The molecule has 2 N–H and O–H groups in total. The van der Waals surface area contributed by atoms with Gasteiger partial charge >= 0.3 is 12.0 Å². The van der Waals surface area contributed by atoms with E-state index in [4.69, 9.17) is 9.47 Å². The minimum absolute atomic E-state index is 0.0474. The van der Waals surface area contributed by atoms with Crippen LogP contribution >= 0.6 is 0 Å². The molecule has 1 aliphatic rings. The van der Waals surface area contributed by atoms with Gasteiger partial charge in [0.25, 0.3) is 0 Å². The number of aliphatic carboxylic acids is 1. The number of pyridine rings is 1. The van der Waals surface area contributed by atoms with Crippen molar-refractivity contribution in [3.05, 3.63) is 42.0 Å². The first-order valence-corrected chi connectivity index (χ1v) is 12.8. The molecule has 0 aliphatic heterocycles. The van der Waals surface area contributed by atoms with Crippen LogP contribution in [0.1, 0.15) is 78.7 Å². The number of benzene rings is 1. The Hall–Kier alpha value is -3.29. The third kappa shape index (κ3) is 6.89. The second kappa shape index (κ2) is 12.1. The Kier molecular flexibility index (Phi) is 9.18. The average molecular weight is 498 g/mol. The molecule has 0 unspecified atom stereocenters. The highest BCUT2D eigenvalue weighted by atomic mass is 16.5. The van der Waals surface area contributed by atoms with Gasteiger partial charge in [0.05, 0.1) is 18.1 Å². The van der Waals surface area contributed by atoms with E-state index in [0.29, 0.717) is 43.1 Å². The molecule has 1 aliphatic carbocycles. The monoisotopic (exact) mass is 497 g/mol. The first kappa shape index (κ1) is 27.3. The first-order chi connectivity index (χ1) is 17.1. The molecule has 2 amide bonds. The Balaban J connectivity index is 1.96. The number of nitrogens with one attached hydrogen (secondary N) is 1. The zero-order valence-electron chi connectivity index (χ0n) is 22.2. The maximum atomic E-state index is 13.9. The van der Waals surface area contributed by atoms with Crippen LogP contribution in [0.2, 0.25) is 0 Å².